The van der Waals surface area contributed by atoms with Gasteiger partial charge >= 0.3 is 0 Å². The largest absolute Gasteiger partial charge is 0.388 e. The minimum atomic E-state index is -0.342. The quantitative estimate of drug-likeness (QED) is 0.679. The Hall–Kier alpha value is -1.06. The smallest absolute Gasteiger partial charge is 0.0790 e. The molecule has 88 valence electrons. The van der Waals surface area contributed by atoms with Crippen LogP contribution in [0.4, 0.5) is 5.69 Å². The standard InChI is InChI=1S/C13H20N2O/c14-9-10-6-11-8-12(7-10)15-5-3-1-2-4-13(11)16/h6-8,13,15-16H,1-5,9,14H2. The van der Waals surface area contributed by atoms with Crippen molar-refractivity contribution in [3.63, 3.8) is 0 Å². The van der Waals surface area contributed by atoms with Gasteiger partial charge in [0.05, 0.1) is 6.10 Å². The van der Waals surface area contributed by atoms with E-state index in [1.165, 1.54) is 6.42 Å². The fourth-order valence-electron chi connectivity index (χ4n) is 2.17. The molecule has 1 aromatic rings. The van der Waals surface area contributed by atoms with Crippen molar-refractivity contribution in [2.24, 2.45) is 5.73 Å². The molecule has 0 aliphatic carbocycles. The predicted octanol–water partition coefficient (Wildman–Crippen LogP) is 2.16. The zero-order valence-corrected chi connectivity index (χ0v) is 9.58. The summed E-state index contributed by atoms with van der Waals surface area (Å²) in [6, 6.07) is 6.12. The average molecular weight is 220 g/mol. The molecule has 0 saturated heterocycles. The van der Waals surface area contributed by atoms with Crippen molar-refractivity contribution in [2.75, 3.05) is 11.9 Å². The molecule has 1 aromatic carbocycles. The first kappa shape index (κ1) is 11.4. The van der Waals surface area contributed by atoms with Crippen LogP contribution in [0.15, 0.2) is 18.2 Å². The molecule has 0 saturated carbocycles. The van der Waals surface area contributed by atoms with Gasteiger partial charge in [0.25, 0.3) is 0 Å². The molecule has 0 radical (unpaired) electrons. The summed E-state index contributed by atoms with van der Waals surface area (Å²) in [6.45, 7) is 1.53. The zero-order chi connectivity index (χ0) is 11.4. The number of aliphatic hydroxyl groups is 1. The Bertz CT molecular complexity index is 352. The molecular weight excluding hydrogens is 200 g/mol. The van der Waals surface area contributed by atoms with Crippen molar-refractivity contribution < 1.29 is 5.11 Å². The van der Waals surface area contributed by atoms with Crippen molar-refractivity contribution in [3.05, 3.63) is 29.3 Å². The molecule has 3 heteroatoms. The number of aliphatic hydroxyl groups excluding tert-OH is 1. The first-order chi connectivity index (χ1) is 7.79. The van der Waals surface area contributed by atoms with Gasteiger partial charge in [0.2, 0.25) is 0 Å². The maximum atomic E-state index is 10.0. The highest BCUT2D eigenvalue weighted by molar-refractivity contribution is 5.49. The van der Waals surface area contributed by atoms with Gasteiger partial charge in [-0.1, -0.05) is 18.9 Å². The Labute approximate surface area is 96.7 Å². The van der Waals surface area contributed by atoms with Gasteiger partial charge in [-0.05, 0) is 36.1 Å². The SMILES string of the molecule is NCc1cc2cc(c1)C(O)CCCCCN2. The van der Waals surface area contributed by atoms with Gasteiger partial charge in [-0.2, -0.15) is 0 Å². The monoisotopic (exact) mass is 220 g/mol. The van der Waals surface area contributed by atoms with Crippen LogP contribution in [0.25, 0.3) is 0 Å². The van der Waals surface area contributed by atoms with Crippen molar-refractivity contribution in [1.82, 2.24) is 0 Å². The van der Waals surface area contributed by atoms with Crippen molar-refractivity contribution in [1.29, 1.82) is 0 Å². The van der Waals surface area contributed by atoms with Gasteiger partial charge in [0.1, 0.15) is 0 Å². The lowest BCUT2D eigenvalue weighted by Gasteiger charge is -2.17. The number of rotatable bonds is 1. The minimum Gasteiger partial charge on any atom is -0.388 e. The van der Waals surface area contributed by atoms with Crippen LogP contribution in [0.1, 0.15) is 42.9 Å². The van der Waals surface area contributed by atoms with E-state index < -0.39 is 0 Å². The Morgan fingerprint density at radius 3 is 2.94 bits per heavy atom. The third-order valence-corrected chi connectivity index (χ3v) is 3.12. The van der Waals surface area contributed by atoms with Crippen LogP contribution in [0.2, 0.25) is 0 Å². The molecule has 2 bridgehead atoms. The highest BCUT2D eigenvalue weighted by atomic mass is 16.3. The summed E-state index contributed by atoms with van der Waals surface area (Å²) in [5, 5.41) is 13.4. The van der Waals surface area contributed by atoms with Crippen LogP contribution in [0.3, 0.4) is 0 Å². The lowest BCUT2D eigenvalue weighted by Crippen LogP contribution is -2.08. The molecule has 3 nitrogen and oxygen atoms in total. The van der Waals surface area contributed by atoms with Crippen LogP contribution in [0, 0.1) is 0 Å². The van der Waals surface area contributed by atoms with Crippen LogP contribution in [-0.4, -0.2) is 11.7 Å². The van der Waals surface area contributed by atoms with Gasteiger partial charge in [-0.15, -0.1) is 0 Å². The number of benzene rings is 1. The van der Waals surface area contributed by atoms with Gasteiger partial charge in [0.15, 0.2) is 0 Å². The van der Waals surface area contributed by atoms with Crippen LogP contribution < -0.4 is 11.1 Å². The first-order valence-electron chi connectivity index (χ1n) is 6.05. The summed E-state index contributed by atoms with van der Waals surface area (Å²) in [4.78, 5) is 0. The second kappa shape index (κ2) is 5.32. The summed E-state index contributed by atoms with van der Waals surface area (Å²) in [7, 11) is 0. The highest BCUT2D eigenvalue weighted by Crippen LogP contribution is 2.25. The number of hydrogen-bond acceptors (Lipinski definition) is 3. The molecule has 1 heterocycles. The van der Waals surface area contributed by atoms with E-state index in [2.05, 4.69) is 11.4 Å². The van der Waals surface area contributed by atoms with E-state index in [-0.39, 0.29) is 6.10 Å². The van der Waals surface area contributed by atoms with Crippen molar-refractivity contribution in [3.8, 4) is 0 Å². The van der Waals surface area contributed by atoms with E-state index in [4.69, 9.17) is 5.73 Å². The summed E-state index contributed by atoms with van der Waals surface area (Å²) in [5.74, 6) is 0. The van der Waals surface area contributed by atoms with Crippen LogP contribution in [-0.2, 0) is 6.54 Å². The van der Waals surface area contributed by atoms with Gasteiger partial charge in [0, 0.05) is 18.8 Å². The zero-order valence-electron chi connectivity index (χ0n) is 9.58. The summed E-state index contributed by atoms with van der Waals surface area (Å²) < 4.78 is 0. The summed E-state index contributed by atoms with van der Waals surface area (Å²) in [6.07, 6.45) is 3.94. The molecule has 0 spiro atoms. The molecule has 4 N–H and O–H groups in total. The fourth-order valence-corrected chi connectivity index (χ4v) is 2.17. The summed E-state index contributed by atoms with van der Waals surface area (Å²) in [5.41, 5.74) is 8.82. The number of nitrogens with one attached hydrogen (secondary N) is 1. The van der Waals surface area contributed by atoms with E-state index >= 15 is 0 Å². The van der Waals surface area contributed by atoms with E-state index in [1.54, 1.807) is 0 Å². The molecular formula is C13H20N2O. The maximum Gasteiger partial charge on any atom is 0.0790 e. The molecule has 1 unspecified atom stereocenters. The average Bonchev–Trinajstić information content (AvgIpc) is 2.32. The normalized spacial score (nSPS) is 21.2. The van der Waals surface area contributed by atoms with Crippen LogP contribution in [0.5, 0.6) is 0 Å². The molecule has 1 atom stereocenters. The van der Waals surface area contributed by atoms with E-state index in [0.29, 0.717) is 6.54 Å². The van der Waals surface area contributed by atoms with Gasteiger partial charge in [-0.25, -0.2) is 0 Å². The number of hydrogen-bond donors (Lipinski definition) is 3. The van der Waals surface area contributed by atoms with Gasteiger partial charge in [-0.3, -0.25) is 0 Å². The van der Waals surface area contributed by atoms with E-state index in [9.17, 15) is 5.11 Å². The molecule has 0 fully saturated rings. The fraction of sp³-hybridized carbons (Fsp3) is 0.538. The van der Waals surface area contributed by atoms with E-state index in [1.807, 2.05) is 12.1 Å². The maximum absolute atomic E-state index is 10.0. The lowest BCUT2D eigenvalue weighted by molar-refractivity contribution is 0.163. The molecule has 0 aromatic heterocycles. The second-order valence-electron chi connectivity index (χ2n) is 4.46. The number of anilines is 1. The van der Waals surface area contributed by atoms with Crippen molar-refractivity contribution >= 4 is 5.69 Å². The molecule has 1 aliphatic heterocycles. The van der Waals surface area contributed by atoms with Gasteiger partial charge < -0.3 is 16.2 Å². The summed E-state index contributed by atoms with van der Waals surface area (Å²) >= 11 is 0. The Morgan fingerprint density at radius 1 is 1.25 bits per heavy atom. The topological polar surface area (TPSA) is 58.3 Å². The highest BCUT2D eigenvalue weighted by Gasteiger charge is 2.11. The Balaban J connectivity index is 2.29. The first-order valence-corrected chi connectivity index (χ1v) is 6.05. The molecule has 16 heavy (non-hydrogen) atoms. The predicted molar refractivity (Wildman–Crippen MR) is 66.3 cm³/mol. The Morgan fingerprint density at radius 2 is 2.12 bits per heavy atom. The third kappa shape index (κ3) is 2.74. The van der Waals surface area contributed by atoms with E-state index in [0.717, 1.165) is 42.6 Å². The number of fused-ring (bicyclic) bond motifs is 2. The Kier molecular flexibility index (Phi) is 3.80. The molecule has 0 amide bonds. The minimum absolute atomic E-state index is 0.342. The van der Waals surface area contributed by atoms with Crippen LogP contribution >= 0.6 is 0 Å². The third-order valence-electron chi connectivity index (χ3n) is 3.12. The molecule has 1 aliphatic rings. The number of nitrogens with two attached hydrogens (primary N) is 1. The lowest BCUT2D eigenvalue weighted by atomic mass is 9.99. The second-order valence-corrected chi connectivity index (χ2v) is 4.46. The van der Waals surface area contributed by atoms with Crippen molar-refractivity contribution in [2.45, 2.75) is 38.3 Å². The molecule has 2 rings (SSSR count).